The van der Waals surface area contributed by atoms with Gasteiger partial charge in [-0.25, -0.2) is 4.79 Å². The van der Waals surface area contributed by atoms with Gasteiger partial charge in [0.1, 0.15) is 17.7 Å². The third-order valence-corrected chi connectivity index (χ3v) is 5.61. The fraction of sp³-hybridized carbons (Fsp3) is 0.571. The Labute approximate surface area is 221 Å². The Hall–Kier alpha value is -3.36. The monoisotopic (exact) mass is 517 g/mol. The van der Waals surface area contributed by atoms with Crippen molar-refractivity contribution >= 4 is 23.9 Å². The van der Waals surface area contributed by atoms with Crippen molar-refractivity contribution in [3.8, 4) is 0 Å². The van der Waals surface area contributed by atoms with Crippen LogP contribution in [0.4, 0.5) is 4.79 Å². The van der Waals surface area contributed by atoms with Crippen molar-refractivity contribution in [1.29, 1.82) is 0 Å². The summed E-state index contributed by atoms with van der Waals surface area (Å²) in [6.45, 7) is 16.7. The van der Waals surface area contributed by atoms with Gasteiger partial charge in [0.05, 0.1) is 13.0 Å². The zero-order chi connectivity index (χ0) is 28.2. The van der Waals surface area contributed by atoms with Crippen LogP contribution in [0.1, 0.15) is 71.6 Å². The Morgan fingerprint density at radius 1 is 1.16 bits per heavy atom. The molecule has 0 heterocycles. The van der Waals surface area contributed by atoms with Crippen molar-refractivity contribution in [3.05, 3.63) is 48.0 Å². The molecule has 2 N–H and O–H groups in total. The molecule has 0 spiro atoms. The number of benzene rings is 1. The first-order valence-electron chi connectivity index (χ1n) is 12.7. The molecule has 0 fully saturated rings. The summed E-state index contributed by atoms with van der Waals surface area (Å²) in [5.41, 5.74) is 0.777. The van der Waals surface area contributed by atoms with Crippen molar-refractivity contribution in [2.75, 3.05) is 19.7 Å². The summed E-state index contributed by atoms with van der Waals surface area (Å²) < 4.78 is 10.3. The number of carbonyl (C=O) groups is 4. The molecule has 37 heavy (non-hydrogen) atoms. The molecule has 3 amide bonds. The SMILES string of the molecule is C=CCN(C(=O)C(NC(=O)OC(C)(C)C)C(C)CC)C(C(=O)NCCC(=O)OCC)c1cccc(C)c1. The number of carbonyl (C=O) groups excluding carboxylic acids is 4. The highest BCUT2D eigenvalue weighted by Crippen LogP contribution is 2.25. The number of esters is 1. The van der Waals surface area contributed by atoms with Crippen molar-refractivity contribution < 1.29 is 28.7 Å². The Kier molecular flexibility index (Phi) is 12.9. The molecule has 0 aliphatic heterocycles. The predicted octanol–water partition coefficient (Wildman–Crippen LogP) is 4.06. The zero-order valence-electron chi connectivity index (χ0n) is 23.3. The minimum atomic E-state index is -1.01. The highest BCUT2D eigenvalue weighted by Gasteiger charge is 2.37. The largest absolute Gasteiger partial charge is 0.466 e. The van der Waals surface area contributed by atoms with Gasteiger partial charge in [0, 0.05) is 13.1 Å². The summed E-state index contributed by atoms with van der Waals surface area (Å²) in [7, 11) is 0. The first-order valence-corrected chi connectivity index (χ1v) is 12.7. The van der Waals surface area contributed by atoms with Crippen LogP contribution < -0.4 is 10.6 Å². The summed E-state index contributed by atoms with van der Waals surface area (Å²) in [5.74, 6) is -1.55. The maximum Gasteiger partial charge on any atom is 0.408 e. The quantitative estimate of drug-likeness (QED) is 0.301. The number of nitrogens with zero attached hydrogens (tertiary/aromatic N) is 1. The predicted molar refractivity (Wildman–Crippen MR) is 143 cm³/mol. The fourth-order valence-electron chi connectivity index (χ4n) is 3.69. The molecule has 3 atom stereocenters. The minimum absolute atomic E-state index is 0.00517. The van der Waals surface area contributed by atoms with Crippen LogP contribution in [0.5, 0.6) is 0 Å². The molecule has 1 rings (SSSR count). The summed E-state index contributed by atoms with van der Waals surface area (Å²) in [6.07, 6.45) is 1.43. The van der Waals surface area contributed by atoms with Crippen LogP contribution in [-0.4, -0.2) is 60.1 Å². The molecule has 206 valence electrons. The average molecular weight is 518 g/mol. The average Bonchev–Trinajstić information content (AvgIpc) is 2.80. The molecule has 9 nitrogen and oxygen atoms in total. The standard InChI is InChI=1S/C28H43N3O6/c1-9-17-31(26(34)23(20(5)10-2)30-27(35)37-28(6,7)8)24(21-14-12-13-19(4)18-21)25(33)29-16-15-22(32)36-11-3/h9,12-14,18,20,23-24H,1,10-11,15-17H2,2-8H3,(H,29,33)(H,30,35). The van der Waals surface area contributed by atoms with Gasteiger partial charge < -0.3 is 25.0 Å². The molecule has 0 saturated heterocycles. The van der Waals surface area contributed by atoms with Gasteiger partial charge in [-0.3, -0.25) is 14.4 Å². The normalized spacial score (nSPS) is 13.5. The number of hydrogen-bond donors (Lipinski definition) is 2. The van der Waals surface area contributed by atoms with E-state index in [-0.39, 0.29) is 32.0 Å². The van der Waals surface area contributed by atoms with Gasteiger partial charge in [-0.15, -0.1) is 6.58 Å². The number of hydrogen-bond acceptors (Lipinski definition) is 6. The van der Waals surface area contributed by atoms with E-state index < -0.39 is 41.6 Å². The van der Waals surface area contributed by atoms with Gasteiger partial charge in [-0.05, 0) is 46.1 Å². The number of nitrogens with one attached hydrogen (secondary N) is 2. The minimum Gasteiger partial charge on any atom is -0.466 e. The second kappa shape index (κ2) is 15.0. The van der Waals surface area contributed by atoms with Crippen LogP contribution in [0, 0.1) is 12.8 Å². The topological polar surface area (TPSA) is 114 Å². The smallest absolute Gasteiger partial charge is 0.408 e. The first-order chi connectivity index (χ1) is 17.3. The molecular formula is C28H43N3O6. The lowest BCUT2D eigenvalue weighted by molar-refractivity contribution is -0.144. The number of alkyl carbamates (subject to hydrolysis) is 1. The van der Waals surface area contributed by atoms with Crippen molar-refractivity contribution in [1.82, 2.24) is 15.5 Å². The van der Waals surface area contributed by atoms with E-state index in [9.17, 15) is 19.2 Å². The summed E-state index contributed by atoms with van der Waals surface area (Å²) in [6, 6.07) is 5.36. The van der Waals surface area contributed by atoms with Crippen LogP contribution in [0.3, 0.4) is 0 Å². The third kappa shape index (κ3) is 10.7. The van der Waals surface area contributed by atoms with Gasteiger partial charge in [0.25, 0.3) is 0 Å². The van der Waals surface area contributed by atoms with E-state index in [2.05, 4.69) is 17.2 Å². The van der Waals surface area contributed by atoms with E-state index in [0.29, 0.717) is 12.0 Å². The van der Waals surface area contributed by atoms with Crippen LogP contribution in [-0.2, 0) is 23.9 Å². The van der Waals surface area contributed by atoms with E-state index in [1.165, 1.54) is 11.0 Å². The number of amides is 3. The van der Waals surface area contributed by atoms with Gasteiger partial charge in [0.2, 0.25) is 11.8 Å². The second-order valence-electron chi connectivity index (χ2n) is 9.95. The molecule has 3 unspecified atom stereocenters. The Morgan fingerprint density at radius 3 is 2.38 bits per heavy atom. The number of aryl methyl sites for hydroxylation is 1. The van der Waals surface area contributed by atoms with E-state index in [4.69, 9.17) is 9.47 Å². The van der Waals surface area contributed by atoms with Crippen molar-refractivity contribution in [2.24, 2.45) is 5.92 Å². The molecule has 0 aliphatic carbocycles. The lowest BCUT2D eigenvalue weighted by Gasteiger charge is -2.35. The molecule has 9 heteroatoms. The van der Waals surface area contributed by atoms with Gasteiger partial charge >= 0.3 is 12.1 Å². The van der Waals surface area contributed by atoms with E-state index in [0.717, 1.165) is 5.56 Å². The molecule has 0 aliphatic rings. The molecule has 0 bridgehead atoms. The van der Waals surface area contributed by atoms with Crippen molar-refractivity contribution in [2.45, 2.75) is 79.0 Å². The van der Waals surface area contributed by atoms with Crippen LogP contribution in [0.2, 0.25) is 0 Å². The van der Waals surface area contributed by atoms with E-state index in [1.54, 1.807) is 33.8 Å². The summed E-state index contributed by atoms with van der Waals surface area (Å²) >= 11 is 0. The molecule has 0 aromatic heterocycles. The Morgan fingerprint density at radius 2 is 1.84 bits per heavy atom. The Bertz CT molecular complexity index is 940. The van der Waals surface area contributed by atoms with E-state index >= 15 is 0 Å². The maximum absolute atomic E-state index is 14.0. The zero-order valence-corrected chi connectivity index (χ0v) is 23.3. The van der Waals surface area contributed by atoms with Gasteiger partial charge in [0.15, 0.2) is 0 Å². The van der Waals surface area contributed by atoms with Crippen molar-refractivity contribution in [3.63, 3.8) is 0 Å². The van der Waals surface area contributed by atoms with Gasteiger partial charge in [-0.1, -0.05) is 56.2 Å². The molecule has 1 aromatic rings. The number of ether oxygens (including phenoxy) is 2. The molecule has 0 saturated carbocycles. The van der Waals surface area contributed by atoms with E-state index in [1.807, 2.05) is 39.0 Å². The van der Waals surface area contributed by atoms with Crippen LogP contribution >= 0.6 is 0 Å². The molecular weight excluding hydrogens is 474 g/mol. The molecule has 0 radical (unpaired) electrons. The highest BCUT2D eigenvalue weighted by atomic mass is 16.6. The fourth-order valence-corrected chi connectivity index (χ4v) is 3.69. The molecule has 1 aromatic carbocycles. The maximum atomic E-state index is 14.0. The summed E-state index contributed by atoms with van der Waals surface area (Å²) in [5, 5.41) is 5.47. The number of rotatable bonds is 13. The second-order valence-corrected chi connectivity index (χ2v) is 9.95. The Balaban J connectivity index is 3.37. The third-order valence-electron chi connectivity index (χ3n) is 5.61. The lowest BCUT2D eigenvalue weighted by atomic mass is 9.95. The lowest BCUT2D eigenvalue weighted by Crippen LogP contribution is -2.55. The van der Waals surface area contributed by atoms with Crippen LogP contribution in [0.25, 0.3) is 0 Å². The van der Waals surface area contributed by atoms with Gasteiger partial charge in [-0.2, -0.15) is 0 Å². The summed E-state index contributed by atoms with van der Waals surface area (Å²) in [4.78, 5) is 53.2. The first kappa shape index (κ1) is 31.7. The van der Waals surface area contributed by atoms with Crippen LogP contribution in [0.15, 0.2) is 36.9 Å². The highest BCUT2D eigenvalue weighted by molar-refractivity contribution is 5.92.